The zero-order valence-corrected chi connectivity index (χ0v) is 17.2. The lowest BCUT2D eigenvalue weighted by molar-refractivity contribution is -0.274. The summed E-state index contributed by atoms with van der Waals surface area (Å²) in [6, 6.07) is 8.05. The topological polar surface area (TPSA) is 80.3 Å². The second kappa shape index (κ2) is 8.09. The van der Waals surface area contributed by atoms with Crippen molar-refractivity contribution in [3.05, 3.63) is 70.7 Å². The van der Waals surface area contributed by atoms with Crippen LogP contribution >= 0.6 is 0 Å². The number of nitrogens with zero attached hydrogens (tertiary/aromatic N) is 2. The number of carbonyl (C=O) groups is 1. The molecule has 6 nitrogen and oxygen atoms in total. The molecule has 0 spiro atoms. The Morgan fingerprint density at radius 2 is 1.91 bits per heavy atom. The van der Waals surface area contributed by atoms with E-state index in [-0.39, 0.29) is 11.5 Å². The molecule has 1 aliphatic carbocycles. The number of hydrogen-bond acceptors (Lipinski definition) is 4. The molecule has 1 amide bonds. The normalized spacial score (nSPS) is 15.4. The number of aromatic nitrogens is 2. The number of nitrogens with one attached hydrogen (secondary N) is 1. The molecule has 32 heavy (non-hydrogen) atoms. The molecule has 0 aliphatic heterocycles. The first-order chi connectivity index (χ1) is 15.1. The highest BCUT2D eigenvalue weighted by Gasteiger charge is 2.56. The van der Waals surface area contributed by atoms with Crippen LogP contribution in [0.4, 0.5) is 17.6 Å². The summed E-state index contributed by atoms with van der Waals surface area (Å²) in [5.41, 5.74) is -0.988. The number of furan rings is 1. The van der Waals surface area contributed by atoms with Gasteiger partial charge in [0.15, 0.2) is 5.69 Å². The minimum absolute atomic E-state index is 0.117. The van der Waals surface area contributed by atoms with E-state index >= 15 is 0 Å². The SMILES string of the molecule is Cc1ccc([C@](O)(CCNC(=O)c2nn(-c3ccc(F)cc3)c3c2CCC3)C(F)(F)F)o1. The van der Waals surface area contributed by atoms with Gasteiger partial charge in [0.05, 0.1) is 5.69 Å². The van der Waals surface area contributed by atoms with Crippen molar-refractivity contribution in [3.8, 4) is 5.69 Å². The van der Waals surface area contributed by atoms with Crippen molar-refractivity contribution >= 4 is 5.91 Å². The van der Waals surface area contributed by atoms with Crippen molar-refractivity contribution in [2.24, 2.45) is 0 Å². The molecular weight excluding hydrogens is 430 g/mol. The van der Waals surface area contributed by atoms with Gasteiger partial charge in [-0.15, -0.1) is 0 Å². The van der Waals surface area contributed by atoms with Gasteiger partial charge in [-0.3, -0.25) is 4.79 Å². The molecule has 0 bridgehead atoms. The average Bonchev–Trinajstić information content (AvgIpc) is 3.44. The number of rotatable bonds is 6. The second-order valence-electron chi connectivity index (χ2n) is 7.79. The van der Waals surface area contributed by atoms with Gasteiger partial charge in [-0.05, 0) is 62.6 Å². The molecule has 3 aromatic rings. The Hall–Kier alpha value is -3.14. The highest BCUT2D eigenvalue weighted by Crippen LogP contribution is 2.42. The molecule has 10 heteroatoms. The Labute approximate surface area is 180 Å². The van der Waals surface area contributed by atoms with E-state index in [1.807, 2.05) is 0 Å². The molecule has 0 fully saturated rings. The van der Waals surface area contributed by atoms with Crippen LogP contribution in [-0.2, 0) is 18.4 Å². The molecule has 2 N–H and O–H groups in total. The van der Waals surface area contributed by atoms with E-state index in [4.69, 9.17) is 4.42 Å². The smallest absolute Gasteiger partial charge is 0.424 e. The van der Waals surface area contributed by atoms with Crippen LogP contribution in [0.25, 0.3) is 5.69 Å². The lowest BCUT2D eigenvalue weighted by atomic mass is 9.95. The van der Waals surface area contributed by atoms with Crippen LogP contribution in [0.5, 0.6) is 0 Å². The van der Waals surface area contributed by atoms with Gasteiger partial charge in [0.1, 0.15) is 17.3 Å². The van der Waals surface area contributed by atoms with Crippen molar-refractivity contribution in [2.75, 3.05) is 6.54 Å². The van der Waals surface area contributed by atoms with Crippen LogP contribution in [0.15, 0.2) is 40.8 Å². The van der Waals surface area contributed by atoms with Crippen LogP contribution in [-0.4, -0.2) is 33.5 Å². The molecule has 1 atom stereocenters. The largest absolute Gasteiger partial charge is 0.463 e. The zero-order chi connectivity index (χ0) is 23.1. The number of hydrogen-bond donors (Lipinski definition) is 2. The highest BCUT2D eigenvalue weighted by molar-refractivity contribution is 5.94. The number of halogens is 4. The van der Waals surface area contributed by atoms with E-state index in [9.17, 15) is 27.5 Å². The van der Waals surface area contributed by atoms with E-state index in [2.05, 4.69) is 10.4 Å². The van der Waals surface area contributed by atoms with E-state index in [1.54, 1.807) is 4.68 Å². The summed E-state index contributed by atoms with van der Waals surface area (Å²) >= 11 is 0. The Morgan fingerprint density at radius 1 is 1.19 bits per heavy atom. The average molecular weight is 451 g/mol. The number of fused-ring (bicyclic) bond motifs is 1. The van der Waals surface area contributed by atoms with Crippen LogP contribution in [0.1, 0.15) is 46.1 Å². The zero-order valence-electron chi connectivity index (χ0n) is 17.2. The molecule has 2 aromatic heterocycles. The number of amides is 1. The first-order valence-electron chi connectivity index (χ1n) is 10.1. The fourth-order valence-corrected chi connectivity index (χ4v) is 3.92. The standard InChI is InChI=1S/C22H21F4N3O3/c1-13-5-10-18(32-13)21(31,22(24,25)26)11-12-27-20(30)19-16-3-2-4-17(16)29(28-19)15-8-6-14(23)7-9-15/h5-10,31H,2-4,11-12H2,1H3,(H,27,30)/t21-/m1/s1. The predicted molar refractivity (Wildman–Crippen MR) is 106 cm³/mol. The summed E-state index contributed by atoms with van der Waals surface area (Å²) in [5.74, 6) is -1.43. The molecule has 0 unspecified atom stereocenters. The van der Waals surface area contributed by atoms with Gasteiger partial charge in [-0.25, -0.2) is 9.07 Å². The van der Waals surface area contributed by atoms with Crippen molar-refractivity contribution in [3.63, 3.8) is 0 Å². The van der Waals surface area contributed by atoms with E-state index < -0.39 is 42.2 Å². The lowest BCUT2D eigenvalue weighted by Crippen LogP contribution is -2.44. The second-order valence-corrected chi connectivity index (χ2v) is 7.79. The van der Waals surface area contributed by atoms with Gasteiger partial charge in [0, 0.05) is 24.2 Å². The predicted octanol–water partition coefficient (Wildman–Crippen LogP) is 3.97. The van der Waals surface area contributed by atoms with Crippen LogP contribution in [0.2, 0.25) is 0 Å². The Bertz CT molecular complexity index is 1130. The molecule has 1 aliphatic rings. The summed E-state index contributed by atoms with van der Waals surface area (Å²) in [6.45, 7) is 1.02. The lowest BCUT2D eigenvalue weighted by Gasteiger charge is -2.28. The fourth-order valence-electron chi connectivity index (χ4n) is 3.92. The third kappa shape index (κ3) is 3.90. The maximum absolute atomic E-state index is 13.6. The van der Waals surface area contributed by atoms with Crippen molar-refractivity contribution < 1.29 is 31.9 Å². The molecule has 170 valence electrons. The summed E-state index contributed by atoms with van der Waals surface area (Å²) in [4.78, 5) is 12.7. The molecule has 0 saturated carbocycles. The van der Waals surface area contributed by atoms with Gasteiger partial charge in [-0.1, -0.05) is 0 Å². The molecule has 2 heterocycles. The van der Waals surface area contributed by atoms with Gasteiger partial charge in [0.25, 0.3) is 5.91 Å². The van der Waals surface area contributed by atoms with Crippen LogP contribution < -0.4 is 5.32 Å². The Morgan fingerprint density at radius 3 is 2.53 bits per heavy atom. The highest BCUT2D eigenvalue weighted by atomic mass is 19.4. The first-order valence-corrected chi connectivity index (χ1v) is 10.1. The Balaban J connectivity index is 1.52. The number of alkyl halides is 3. The van der Waals surface area contributed by atoms with Crippen molar-refractivity contribution in [1.29, 1.82) is 0 Å². The molecule has 0 radical (unpaired) electrons. The maximum Gasteiger partial charge on any atom is 0.424 e. The Kier molecular flexibility index (Phi) is 5.58. The van der Waals surface area contributed by atoms with Gasteiger partial charge in [-0.2, -0.15) is 18.3 Å². The first kappa shape index (κ1) is 22.1. The van der Waals surface area contributed by atoms with Gasteiger partial charge < -0.3 is 14.8 Å². The third-order valence-corrected chi connectivity index (χ3v) is 5.61. The minimum atomic E-state index is -4.99. The molecular formula is C22H21F4N3O3. The van der Waals surface area contributed by atoms with Crippen molar-refractivity contribution in [2.45, 2.75) is 44.4 Å². The quantitative estimate of drug-likeness (QED) is 0.556. The maximum atomic E-state index is 13.6. The molecule has 1 aromatic carbocycles. The fraction of sp³-hybridized carbons (Fsp3) is 0.364. The number of aryl methyl sites for hydroxylation is 1. The summed E-state index contributed by atoms with van der Waals surface area (Å²) in [6.07, 6.45) is -3.72. The number of carbonyl (C=O) groups excluding carboxylic acids is 1. The summed E-state index contributed by atoms with van der Waals surface area (Å²) in [7, 11) is 0. The summed E-state index contributed by atoms with van der Waals surface area (Å²) in [5, 5.41) is 17.1. The van der Waals surface area contributed by atoms with Gasteiger partial charge >= 0.3 is 6.18 Å². The van der Waals surface area contributed by atoms with Crippen LogP contribution in [0, 0.1) is 12.7 Å². The third-order valence-electron chi connectivity index (χ3n) is 5.61. The number of benzene rings is 1. The van der Waals surface area contributed by atoms with Gasteiger partial charge in [0.2, 0.25) is 5.60 Å². The van der Waals surface area contributed by atoms with E-state index in [0.717, 1.165) is 23.7 Å². The van der Waals surface area contributed by atoms with E-state index in [0.29, 0.717) is 18.5 Å². The molecule has 0 saturated heterocycles. The minimum Gasteiger partial charge on any atom is -0.463 e. The van der Waals surface area contributed by atoms with Crippen molar-refractivity contribution in [1.82, 2.24) is 15.1 Å². The monoisotopic (exact) mass is 451 g/mol. The molecule has 4 rings (SSSR count). The van der Waals surface area contributed by atoms with E-state index in [1.165, 1.54) is 37.3 Å². The van der Waals surface area contributed by atoms with Crippen LogP contribution in [0.3, 0.4) is 0 Å². The summed E-state index contributed by atoms with van der Waals surface area (Å²) < 4.78 is 60.6. The number of aliphatic hydroxyl groups is 1.